The second-order valence-corrected chi connectivity index (χ2v) is 6.38. The van der Waals surface area contributed by atoms with Crippen LogP contribution in [-0.4, -0.2) is 31.1 Å². The van der Waals surface area contributed by atoms with E-state index in [4.69, 9.17) is 9.47 Å². The van der Waals surface area contributed by atoms with Crippen LogP contribution in [0.2, 0.25) is 0 Å². The highest BCUT2D eigenvalue weighted by Crippen LogP contribution is 2.56. The molecule has 0 aliphatic heterocycles. The first-order valence-electron chi connectivity index (χ1n) is 8.27. The van der Waals surface area contributed by atoms with Crippen molar-refractivity contribution in [3.8, 4) is 0 Å². The Kier molecular flexibility index (Phi) is 3.80. The summed E-state index contributed by atoms with van der Waals surface area (Å²) in [5, 5.41) is 11.3. The Morgan fingerprint density at radius 1 is 0.852 bits per heavy atom. The molecular formula is C20H15NO6. The Bertz CT molecular complexity index is 1040. The van der Waals surface area contributed by atoms with E-state index in [-0.39, 0.29) is 16.8 Å². The zero-order valence-corrected chi connectivity index (χ0v) is 14.6. The van der Waals surface area contributed by atoms with Crippen molar-refractivity contribution in [3.63, 3.8) is 0 Å². The average molecular weight is 365 g/mol. The maximum Gasteiger partial charge on any atom is 0.335 e. The summed E-state index contributed by atoms with van der Waals surface area (Å²) in [6.45, 7) is 0. The molecule has 0 saturated carbocycles. The van der Waals surface area contributed by atoms with Gasteiger partial charge in [-0.3, -0.25) is 10.1 Å². The molecule has 3 aliphatic rings. The Morgan fingerprint density at radius 2 is 1.33 bits per heavy atom. The zero-order valence-electron chi connectivity index (χ0n) is 14.6. The molecule has 5 rings (SSSR count). The molecule has 0 unspecified atom stereocenters. The third-order valence-corrected chi connectivity index (χ3v) is 5.20. The molecule has 7 nitrogen and oxygen atoms in total. The molecule has 0 amide bonds. The molecule has 3 aliphatic carbocycles. The highest BCUT2D eigenvalue weighted by molar-refractivity contribution is 6.06. The van der Waals surface area contributed by atoms with Gasteiger partial charge in [0, 0.05) is 24.0 Å². The molecule has 2 bridgehead atoms. The van der Waals surface area contributed by atoms with E-state index >= 15 is 0 Å². The number of benzene rings is 2. The van der Waals surface area contributed by atoms with Gasteiger partial charge in [0.15, 0.2) is 0 Å². The fourth-order valence-corrected chi connectivity index (χ4v) is 4.17. The number of carbonyl (C=O) groups is 2. The summed E-state index contributed by atoms with van der Waals surface area (Å²) < 4.78 is 9.88. The smallest absolute Gasteiger partial charge is 0.335 e. The molecule has 0 aromatic heterocycles. The number of carbonyl (C=O) groups excluding carboxylic acids is 2. The zero-order chi connectivity index (χ0) is 19.3. The largest absolute Gasteiger partial charge is 0.466 e. The van der Waals surface area contributed by atoms with Crippen molar-refractivity contribution in [2.75, 3.05) is 14.2 Å². The minimum atomic E-state index is -0.642. The Hall–Kier alpha value is -3.48. The maximum atomic E-state index is 12.6. The molecule has 27 heavy (non-hydrogen) atoms. The maximum absolute atomic E-state index is 12.6. The number of hydrogen-bond donors (Lipinski definition) is 0. The lowest BCUT2D eigenvalue weighted by Crippen LogP contribution is -2.35. The number of rotatable bonds is 3. The van der Waals surface area contributed by atoms with Crippen LogP contribution in [0.4, 0.5) is 5.69 Å². The quantitative estimate of drug-likeness (QED) is 0.471. The number of methoxy groups -OCH3 is 2. The van der Waals surface area contributed by atoms with Crippen molar-refractivity contribution in [1.29, 1.82) is 0 Å². The number of nitro groups is 1. The number of non-ortho nitro benzene ring substituents is 1. The van der Waals surface area contributed by atoms with Crippen LogP contribution in [0.15, 0.2) is 53.6 Å². The SMILES string of the molecule is COC(=O)C1=C(C(=O)OC)[C@H]2c3ccccc3[C@@H]1c1ccc([N+](=O)[O-])cc12. The van der Waals surface area contributed by atoms with Crippen molar-refractivity contribution in [3.05, 3.63) is 86.0 Å². The van der Waals surface area contributed by atoms with Gasteiger partial charge in [-0.25, -0.2) is 9.59 Å². The minimum absolute atomic E-state index is 0.0670. The van der Waals surface area contributed by atoms with Crippen LogP contribution < -0.4 is 0 Å². The standard InChI is InChI=1S/C20H15NO6/c1-26-19(22)17-15-11-5-3-4-6-12(11)16(18(17)20(23)27-2)14-9-10(21(24)25)7-8-13(14)15/h3-9,15-16H,1-2H3/t15-,16+/m1/s1. The Labute approximate surface area is 154 Å². The van der Waals surface area contributed by atoms with E-state index in [1.54, 1.807) is 6.07 Å². The molecule has 0 heterocycles. The van der Waals surface area contributed by atoms with Crippen molar-refractivity contribution in [2.24, 2.45) is 0 Å². The van der Waals surface area contributed by atoms with Gasteiger partial charge in [0.1, 0.15) is 0 Å². The van der Waals surface area contributed by atoms with E-state index in [1.165, 1.54) is 26.4 Å². The predicted octanol–water partition coefficient (Wildman–Crippen LogP) is 2.83. The molecule has 136 valence electrons. The molecular weight excluding hydrogens is 350 g/mol. The molecule has 2 aromatic carbocycles. The molecule has 2 atom stereocenters. The summed E-state index contributed by atoms with van der Waals surface area (Å²) in [6.07, 6.45) is 0. The molecule has 0 N–H and O–H groups in total. The normalized spacial score (nSPS) is 19.2. The van der Waals surface area contributed by atoms with E-state index in [2.05, 4.69) is 0 Å². The highest BCUT2D eigenvalue weighted by Gasteiger charge is 2.48. The van der Waals surface area contributed by atoms with Crippen LogP contribution in [-0.2, 0) is 19.1 Å². The van der Waals surface area contributed by atoms with Gasteiger partial charge >= 0.3 is 11.9 Å². The highest BCUT2D eigenvalue weighted by atomic mass is 16.6. The van der Waals surface area contributed by atoms with E-state index in [9.17, 15) is 19.7 Å². The van der Waals surface area contributed by atoms with Gasteiger partial charge in [-0.05, 0) is 22.3 Å². The van der Waals surface area contributed by atoms with Gasteiger partial charge in [0.25, 0.3) is 5.69 Å². The molecule has 0 radical (unpaired) electrons. The van der Waals surface area contributed by atoms with Gasteiger partial charge in [-0.15, -0.1) is 0 Å². The third kappa shape index (κ3) is 2.28. The van der Waals surface area contributed by atoms with Crippen LogP contribution in [0.3, 0.4) is 0 Å². The van der Waals surface area contributed by atoms with Crippen molar-refractivity contribution in [1.82, 2.24) is 0 Å². The van der Waals surface area contributed by atoms with Crippen LogP contribution in [0.1, 0.15) is 34.1 Å². The Balaban J connectivity index is 2.07. The molecule has 0 fully saturated rings. The first kappa shape index (κ1) is 17.0. The number of nitrogens with zero attached hydrogens (tertiary/aromatic N) is 1. The van der Waals surface area contributed by atoms with Crippen molar-refractivity contribution < 1.29 is 24.0 Å². The number of esters is 2. The summed E-state index contributed by atoms with van der Waals surface area (Å²) in [4.78, 5) is 36.0. The van der Waals surface area contributed by atoms with Crippen molar-refractivity contribution >= 4 is 17.6 Å². The van der Waals surface area contributed by atoms with E-state index in [1.807, 2.05) is 24.3 Å². The predicted molar refractivity (Wildman–Crippen MR) is 94.3 cm³/mol. The average Bonchev–Trinajstić information content (AvgIpc) is 2.71. The van der Waals surface area contributed by atoms with Gasteiger partial charge in [0.2, 0.25) is 0 Å². The summed E-state index contributed by atoms with van der Waals surface area (Å²) in [5.74, 6) is -2.41. The summed E-state index contributed by atoms with van der Waals surface area (Å²) >= 11 is 0. The molecule has 2 aromatic rings. The minimum Gasteiger partial charge on any atom is -0.466 e. The monoisotopic (exact) mass is 365 g/mol. The number of hydrogen-bond acceptors (Lipinski definition) is 6. The molecule has 7 heteroatoms. The van der Waals surface area contributed by atoms with Gasteiger partial charge < -0.3 is 9.47 Å². The van der Waals surface area contributed by atoms with Gasteiger partial charge in [-0.1, -0.05) is 30.3 Å². The molecule has 0 saturated heterocycles. The van der Waals surface area contributed by atoms with Gasteiger partial charge in [0.05, 0.1) is 30.3 Å². The van der Waals surface area contributed by atoms with Crippen LogP contribution in [0, 0.1) is 10.1 Å². The fourth-order valence-electron chi connectivity index (χ4n) is 4.17. The lowest BCUT2D eigenvalue weighted by molar-refractivity contribution is -0.384. The topological polar surface area (TPSA) is 95.7 Å². The van der Waals surface area contributed by atoms with Crippen LogP contribution >= 0.6 is 0 Å². The Morgan fingerprint density at radius 3 is 1.81 bits per heavy atom. The number of ether oxygens (including phenoxy) is 2. The van der Waals surface area contributed by atoms with Crippen LogP contribution in [0.5, 0.6) is 0 Å². The second-order valence-electron chi connectivity index (χ2n) is 6.38. The first-order valence-corrected chi connectivity index (χ1v) is 8.27. The van der Waals surface area contributed by atoms with E-state index in [0.717, 1.165) is 16.7 Å². The lowest BCUT2D eigenvalue weighted by atomic mass is 9.61. The van der Waals surface area contributed by atoms with E-state index in [0.29, 0.717) is 5.56 Å². The van der Waals surface area contributed by atoms with E-state index < -0.39 is 28.7 Å². The third-order valence-electron chi connectivity index (χ3n) is 5.20. The lowest BCUT2D eigenvalue weighted by Gasteiger charge is -2.41. The second kappa shape index (κ2) is 6.05. The summed E-state index contributed by atoms with van der Waals surface area (Å²) in [6, 6.07) is 12.0. The van der Waals surface area contributed by atoms with Gasteiger partial charge in [-0.2, -0.15) is 0 Å². The fraction of sp³-hybridized carbons (Fsp3) is 0.200. The number of nitro benzene ring substituents is 1. The molecule has 0 spiro atoms. The first-order chi connectivity index (χ1) is 13.0. The summed E-state index contributed by atoms with van der Waals surface area (Å²) in [7, 11) is 2.50. The summed E-state index contributed by atoms with van der Waals surface area (Å²) in [5.41, 5.74) is 3.47. The van der Waals surface area contributed by atoms with Crippen molar-refractivity contribution in [2.45, 2.75) is 11.8 Å². The van der Waals surface area contributed by atoms with Crippen LogP contribution in [0.25, 0.3) is 0 Å².